The summed E-state index contributed by atoms with van der Waals surface area (Å²) in [5.74, 6) is -1.10. The third-order valence-corrected chi connectivity index (χ3v) is 2.76. The van der Waals surface area contributed by atoms with Crippen LogP contribution >= 0.6 is 0 Å². The van der Waals surface area contributed by atoms with Crippen LogP contribution in [0.3, 0.4) is 0 Å². The van der Waals surface area contributed by atoms with Crippen molar-refractivity contribution in [2.45, 2.75) is 25.8 Å². The number of carbonyl (C=O) groups is 2. The molecule has 0 unspecified atom stereocenters. The van der Waals surface area contributed by atoms with E-state index >= 15 is 0 Å². The van der Waals surface area contributed by atoms with Crippen LogP contribution in [0.4, 0.5) is 10.5 Å². The summed E-state index contributed by atoms with van der Waals surface area (Å²) in [4.78, 5) is 25.3. The Hall–Kier alpha value is -2.24. The summed E-state index contributed by atoms with van der Waals surface area (Å²) >= 11 is 0. The van der Waals surface area contributed by atoms with E-state index in [2.05, 4.69) is 15.6 Å². The SMILES string of the molecule is Cc1cc(NC(=O)NC2CC=CC2)c(C(=O)O)[nH]1. The number of rotatable bonds is 3. The molecular formula is C12H15N3O3. The molecule has 0 saturated carbocycles. The van der Waals surface area contributed by atoms with Gasteiger partial charge in [0.25, 0.3) is 0 Å². The lowest BCUT2D eigenvalue weighted by Gasteiger charge is -2.12. The molecule has 1 heterocycles. The number of H-pyrrole nitrogens is 1. The molecule has 1 aromatic rings. The zero-order valence-electron chi connectivity index (χ0n) is 9.99. The van der Waals surface area contributed by atoms with Gasteiger partial charge in [0.1, 0.15) is 5.69 Å². The van der Waals surface area contributed by atoms with Crippen LogP contribution in [-0.2, 0) is 0 Å². The van der Waals surface area contributed by atoms with Crippen LogP contribution in [0.5, 0.6) is 0 Å². The maximum Gasteiger partial charge on any atom is 0.354 e. The second-order valence-corrected chi connectivity index (χ2v) is 4.28. The van der Waals surface area contributed by atoms with Crippen molar-refractivity contribution < 1.29 is 14.7 Å². The van der Waals surface area contributed by atoms with Crippen molar-refractivity contribution in [3.05, 3.63) is 29.6 Å². The zero-order valence-corrected chi connectivity index (χ0v) is 9.99. The highest BCUT2D eigenvalue weighted by Crippen LogP contribution is 2.17. The minimum absolute atomic E-state index is 0.00723. The summed E-state index contributed by atoms with van der Waals surface area (Å²) in [5, 5.41) is 14.3. The van der Waals surface area contributed by atoms with Gasteiger partial charge in [-0.05, 0) is 25.8 Å². The van der Waals surface area contributed by atoms with Crippen molar-refractivity contribution in [1.82, 2.24) is 10.3 Å². The third kappa shape index (κ3) is 2.71. The number of hydrogen-bond acceptors (Lipinski definition) is 2. The van der Waals surface area contributed by atoms with Gasteiger partial charge in [-0.25, -0.2) is 9.59 Å². The van der Waals surface area contributed by atoms with Gasteiger partial charge in [0.15, 0.2) is 0 Å². The lowest BCUT2D eigenvalue weighted by atomic mass is 10.2. The van der Waals surface area contributed by atoms with E-state index in [1.165, 1.54) is 0 Å². The van der Waals surface area contributed by atoms with Gasteiger partial charge in [0, 0.05) is 11.7 Å². The number of amides is 2. The molecule has 0 radical (unpaired) electrons. The number of carbonyl (C=O) groups excluding carboxylic acids is 1. The molecule has 2 amide bonds. The Balaban J connectivity index is 2.00. The Labute approximate surface area is 104 Å². The van der Waals surface area contributed by atoms with Gasteiger partial charge in [-0.15, -0.1) is 0 Å². The predicted molar refractivity (Wildman–Crippen MR) is 66.8 cm³/mol. The molecule has 0 aromatic carbocycles. The minimum Gasteiger partial charge on any atom is -0.477 e. The van der Waals surface area contributed by atoms with Gasteiger partial charge in [-0.3, -0.25) is 0 Å². The molecular weight excluding hydrogens is 234 g/mol. The summed E-state index contributed by atoms with van der Waals surface area (Å²) in [6, 6.07) is 1.30. The summed E-state index contributed by atoms with van der Waals surface area (Å²) in [6.45, 7) is 1.73. The fourth-order valence-electron chi connectivity index (χ4n) is 1.94. The first kappa shape index (κ1) is 12.2. The third-order valence-electron chi connectivity index (χ3n) is 2.76. The molecule has 1 aromatic heterocycles. The van der Waals surface area contributed by atoms with Crippen molar-refractivity contribution in [3.8, 4) is 0 Å². The quantitative estimate of drug-likeness (QED) is 0.616. The molecule has 0 bridgehead atoms. The first-order valence-electron chi connectivity index (χ1n) is 5.71. The van der Waals surface area contributed by atoms with Crippen molar-refractivity contribution in [2.24, 2.45) is 0 Å². The molecule has 0 aliphatic heterocycles. The smallest absolute Gasteiger partial charge is 0.354 e. The van der Waals surface area contributed by atoms with Crippen LogP contribution < -0.4 is 10.6 Å². The lowest BCUT2D eigenvalue weighted by molar-refractivity contribution is 0.0692. The molecule has 4 N–H and O–H groups in total. The Morgan fingerprint density at radius 3 is 2.67 bits per heavy atom. The first-order chi connectivity index (χ1) is 8.56. The van der Waals surface area contributed by atoms with E-state index in [4.69, 9.17) is 5.11 Å². The number of aryl methyl sites for hydroxylation is 1. The maximum absolute atomic E-state index is 11.7. The average molecular weight is 249 g/mol. The fraction of sp³-hybridized carbons (Fsp3) is 0.333. The van der Waals surface area contributed by atoms with E-state index in [9.17, 15) is 9.59 Å². The second-order valence-electron chi connectivity index (χ2n) is 4.28. The standard InChI is InChI=1S/C12H15N3O3/c1-7-6-9(10(13-7)11(16)17)15-12(18)14-8-4-2-3-5-8/h2-3,6,8,13H,4-5H2,1H3,(H,16,17)(H2,14,15,18). The number of aromatic nitrogens is 1. The zero-order chi connectivity index (χ0) is 13.1. The van der Waals surface area contributed by atoms with Gasteiger partial charge in [-0.2, -0.15) is 0 Å². The van der Waals surface area contributed by atoms with E-state index in [1.54, 1.807) is 13.0 Å². The van der Waals surface area contributed by atoms with Crippen molar-refractivity contribution in [1.29, 1.82) is 0 Å². The molecule has 1 aliphatic carbocycles. The molecule has 1 aliphatic rings. The van der Waals surface area contributed by atoms with Crippen LogP contribution in [0, 0.1) is 6.92 Å². The number of anilines is 1. The summed E-state index contributed by atoms with van der Waals surface area (Å²) in [5.41, 5.74) is 0.959. The average Bonchev–Trinajstić information content (AvgIpc) is 2.88. The molecule has 96 valence electrons. The largest absolute Gasteiger partial charge is 0.477 e. The highest BCUT2D eigenvalue weighted by atomic mass is 16.4. The number of aromatic carboxylic acids is 1. The second kappa shape index (κ2) is 4.95. The van der Waals surface area contributed by atoms with Crippen LogP contribution in [0.15, 0.2) is 18.2 Å². The maximum atomic E-state index is 11.7. The summed E-state index contributed by atoms with van der Waals surface area (Å²) in [6.07, 6.45) is 5.64. The van der Waals surface area contributed by atoms with Crippen LogP contribution in [0.2, 0.25) is 0 Å². The lowest BCUT2D eigenvalue weighted by Crippen LogP contribution is -2.36. The van der Waals surface area contributed by atoms with E-state index in [0.29, 0.717) is 5.69 Å². The number of aromatic amines is 1. The summed E-state index contributed by atoms with van der Waals surface area (Å²) < 4.78 is 0. The molecule has 6 heteroatoms. The molecule has 0 fully saturated rings. The van der Waals surface area contributed by atoms with Gasteiger partial charge in [0.2, 0.25) is 0 Å². The molecule has 0 spiro atoms. The van der Waals surface area contributed by atoms with E-state index in [-0.39, 0.29) is 23.5 Å². The summed E-state index contributed by atoms with van der Waals surface area (Å²) in [7, 11) is 0. The number of urea groups is 1. The topological polar surface area (TPSA) is 94.2 Å². The van der Waals surface area contributed by atoms with Gasteiger partial charge < -0.3 is 20.7 Å². The Kier molecular flexibility index (Phi) is 3.36. The molecule has 6 nitrogen and oxygen atoms in total. The first-order valence-corrected chi connectivity index (χ1v) is 5.71. The highest BCUT2D eigenvalue weighted by Gasteiger charge is 2.17. The Bertz CT molecular complexity index is 497. The normalized spacial score (nSPS) is 14.7. The Morgan fingerprint density at radius 1 is 1.39 bits per heavy atom. The molecule has 0 saturated heterocycles. The predicted octanol–water partition coefficient (Wildman–Crippen LogP) is 1.86. The van der Waals surface area contributed by atoms with Crippen molar-refractivity contribution in [2.75, 3.05) is 5.32 Å². The number of carboxylic acids is 1. The Morgan fingerprint density at radius 2 is 2.06 bits per heavy atom. The number of nitrogens with one attached hydrogen (secondary N) is 3. The van der Waals surface area contributed by atoms with E-state index < -0.39 is 5.97 Å². The van der Waals surface area contributed by atoms with Gasteiger partial charge >= 0.3 is 12.0 Å². The fourth-order valence-corrected chi connectivity index (χ4v) is 1.94. The number of hydrogen-bond donors (Lipinski definition) is 4. The number of carboxylic acid groups (broad SMARTS) is 1. The molecule has 2 rings (SSSR count). The van der Waals surface area contributed by atoms with E-state index in [1.807, 2.05) is 12.2 Å². The van der Waals surface area contributed by atoms with Crippen LogP contribution in [-0.4, -0.2) is 28.1 Å². The monoisotopic (exact) mass is 249 g/mol. The van der Waals surface area contributed by atoms with Crippen LogP contribution in [0.1, 0.15) is 29.0 Å². The van der Waals surface area contributed by atoms with E-state index in [0.717, 1.165) is 12.8 Å². The van der Waals surface area contributed by atoms with Gasteiger partial charge in [-0.1, -0.05) is 12.2 Å². The molecule has 0 atom stereocenters. The van der Waals surface area contributed by atoms with Crippen molar-refractivity contribution in [3.63, 3.8) is 0 Å². The highest BCUT2D eigenvalue weighted by molar-refractivity contribution is 5.99. The van der Waals surface area contributed by atoms with Crippen molar-refractivity contribution >= 4 is 17.7 Å². The van der Waals surface area contributed by atoms with Crippen LogP contribution in [0.25, 0.3) is 0 Å². The molecule has 18 heavy (non-hydrogen) atoms. The van der Waals surface area contributed by atoms with Gasteiger partial charge in [0.05, 0.1) is 5.69 Å². The minimum atomic E-state index is -1.10.